The SMILES string of the molecule is O=C(c1cnc(N2CCN(c3ccccc3F)CC2)cn1)N1CCCC1. The molecule has 0 bridgehead atoms. The van der Waals surface area contributed by atoms with Crippen LogP contribution < -0.4 is 9.80 Å². The predicted octanol–water partition coefficient (Wildman–Crippen LogP) is 2.18. The molecule has 0 radical (unpaired) electrons. The van der Waals surface area contributed by atoms with Crippen LogP contribution in [0.3, 0.4) is 0 Å². The first kappa shape index (κ1) is 16.8. The zero-order valence-electron chi connectivity index (χ0n) is 14.6. The van der Waals surface area contributed by atoms with Crippen molar-refractivity contribution in [3.63, 3.8) is 0 Å². The molecule has 0 spiro atoms. The van der Waals surface area contributed by atoms with Crippen molar-refractivity contribution in [3.8, 4) is 0 Å². The lowest BCUT2D eigenvalue weighted by Gasteiger charge is -2.36. The summed E-state index contributed by atoms with van der Waals surface area (Å²) in [4.78, 5) is 27.1. The van der Waals surface area contributed by atoms with Crippen molar-refractivity contribution in [2.45, 2.75) is 12.8 Å². The van der Waals surface area contributed by atoms with E-state index in [0.717, 1.165) is 57.9 Å². The van der Waals surface area contributed by atoms with E-state index in [0.29, 0.717) is 11.4 Å². The second-order valence-electron chi connectivity index (χ2n) is 6.68. The van der Waals surface area contributed by atoms with Crippen LogP contribution in [0.2, 0.25) is 0 Å². The van der Waals surface area contributed by atoms with Crippen molar-refractivity contribution < 1.29 is 9.18 Å². The second kappa shape index (κ2) is 7.27. The van der Waals surface area contributed by atoms with Gasteiger partial charge in [0, 0.05) is 39.3 Å². The summed E-state index contributed by atoms with van der Waals surface area (Å²) in [7, 11) is 0. The number of halogens is 1. The van der Waals surface area contributed by atoms with Gasteiger partial charge in [0.2, 0.25) is 0 Å². The number of amides is 1. The fraction of sp³-hybridized carbons (Fsp3) is 0.421. The molecule has 0 unspecified atom stereocenters. The van der Waals surface area contributed by atoms with Gasteiger partial charge in [-0.2, -0.15) is 0 Å². The minimum atomic E-state index is -0.189. The van der Waals surface area contributed by atoms with Crippen molar-refractivity contribution in [2.75, 3.05) is 49.1 Å². The van der Waals surface area contributed by atoms with Crippen LogP contribution >= 0.6 is 0 Å². The standard InChI is InChI=1S/C19H22FN5O/c20-15-5-1-2-6-17(15)23-9-11-24(12-10-23)18-14-21-16(13-22-18)19(26)25-7-3-4-8-25/h1-2,5-6,13-14H,3-4,7-12H2. The Morgan fingerprint density at radius 3 is 2.23 bits per heavy atom. The number of hydrogen-bond acceptors (Lipinski definition) is 5. The van der Waals surface area contributed by atoms with Crippen LogP contribution in [0.5, 0.6) is 0 Å². The molecule has 0 N–H and O–H groups in total. The summed E-state index contributed by atoms with van der Waals surface area (Å²) in [5.74, 6) is 0.535. The third-order valence-electron chi connectivity index (χ3n) is 5.05. The van der Waals surface area contributed by atoms with Crippen LogP contribution in [0.4, 0.5) is 15.9 Å². The number of carbonyl (C=O) groups excluding carboxylic acids is 1. The maximum atomic E-state index is 13.9. The molecule has 7 heteroatoms. The van der Waals surface area contributed by atoms with E-state index in [2.05, 4.69) is 14.9 Å². The summed E-state index contributed by atoms with van der Waals surface area (Å²) < 4.78 is 13.9. The van der Waals surface area contributed by atoms with Crippen LogP contribution in [0.1, 0.15) is 23.3 Å². The number of para-hydroxylation sites is 1. The Hall–Kier alpha value is -2.70. The maximum absolute atomic E-state index is 13.9. The van der Waals surface area contributed by atoms with Crippen LogP contribution in [0.15, 0.2) is 36.7 Å². The Balaban J connectivity index is 1.38. The Morgan fingerprint density at radius 2 is 1.58 bits per heavy atom. The van der Waals surface area contributed by atoms with Gasteiger partial charge in [-0.15, -0.1) is 0 Å². The zero-order chi connectivity index (χ0) is 17.9. The van der Waals surface area contributed by atoms with Gasteiger partial charge < -0.3 is 14.7 Å². The molecular weight excluding hydrogens is 333 g/mol. The van der Waals surface area contributed by atoms with Crippen molar-refractivity contribution in [1.82, 2.24) is 14.9 Å². The third-order valence-corrected chi connectivity index (χ3v) is 5.05. The second-order valence-corrected chi connectivity index (χ2v) is 6.68. The first-order valence-corrected chi connectivity index (χ1v) is 9.08. The van der Waals surface area contributed by atoms with E-state index in [1.54, 1.807) is 18.5 Å². The first-order valence-electron chi connectivity index (χ1n) is 9.08. The molecule has 0 aliphatic carbocycles. The van der Waals surface area contributed by atoms with Crippen molar-refractivity contribution in [2.24, 2.45) is 0 Å². The summed E-state index contributed by atoms with van der Waals surface area (Å²) in [5.41, 5.74) is 1.05. The number of anilines is 2. The largest absolute Gasteiger partial charge is 0.366 e. The van der Waals surface area contributed by atoms with E-state index in [1.165, 1.54) is 6.07 Å². The van der Waals surface area contributed by atoms with E-state index in [4.69, 9.17) is 0 Å². The molecule has 4 rings (SSSR count). The smallest absolute Gasteiger partial charge is 0.274 e. The number of aromatic nitrogens is 2. The molecule has 2 aliphatic heterocycles. The highest BCUT2D eigenvalue weighted by atomic mass is 19.1. The molecule has 2 saturated heterocycles. The van der Waals surface area contributed by atoms with Crippen molar-refractivity contribution in [3.05, 3.63) is 48.2 Å². The van der Waals surface area contributed by atoms with E-state index in [-0.39, 0.29) is 11.7 Å². The van der Waals surface area contributed by atoms with Crippen molar-refractivity contribution >= 4 is 17.4 Å². The highest BCUT2D eigenvalue weighted by molar-refractivity contribution is 5.92. The van der Waals surface area contributed by atoms with E-state index < -0.39 is 0 Å². The number of rotatable bonds is 3. The van der Waals surface area contributed by atoms with Gasteiger partial charge in [-0.05, 0) is 25.0 Å². The number of likely N-dealkylation sites (tertiary alicyclic amines) is 1. The van der Waals surface area contributed by atoms with Gasteiger partial charge in [-0.3, -0.25) is 4.79 Å². The van der Waals surface area contributed by atoms with E-state index in [9.17, 15) is 9.18 Å². The lowest BCUT2D eigenvalue weighted by Crippen LogP contribution is -2.47. The third kappa shape index (κ3) is 3.34. The number of hydrogen-bond donors (Lipinski definition) is 0. The summed E-state index contributed by atoms with van der Waals surface area (Å²) >= 11 is 0. The van der Waals surface area contributed by atoms with Gasteiger partial charge >= 0.3 is 0 Å². The fourth-order valence-electron chi connectivity index (χ4n) is 3.56. The van der Waals surface area contributed by atoms with Gasteiger partial charge in [-0.1, -0.05) is 12.1 Å². The molecule has 6 nitrogen and oxygen atoms in total. The highest BCUT2D eigenvalue weighted by Crippen LogP contribution is 2.22. The average Bonchev–Trinajstić information content (AvgIpc) is 3.23. The van der Waals surface area contributed by atoms with Crippen molar-refractivity contribution in [1.29, 1.82) is 0 Å². The molecule has 1 aromatic carbocycles. The Bertz CT molecular complexity index is 768. The number of carbonyl (C=O) groups is 1. The Kier molecular flexibility index (Phi) is 4.69. The first-order chi connectivity index (χ1) is 12.7. The summed E-state index contributed by atoms with van der Waals surface area (Å²) in [6.07, 6.45) is 5.36. The van der Waals surface area contributed by atoms with Crippen LogP contribution in [-0.2, 0) is 0 Å². The monoisotopic (exact) mass is 355 g/mol. The molecule has 1 amide bonds. The van der Waals surface area contributed by atoms with Gasteiger partial charge in [0.05, 0.1) is 18.1 Å². The summed E-state index contributed by atoms with van der Waals surface area (Å²) in [5, 5.41) is 0. The Labute approximate surface area is 152 Å². The minimum Gasteiger partial charge on any atom is -0.366 e. The number of piperazine rings is 1. The quantitative estimate of drug-likeness (QED) is 0.845. The van der Waals surface area contributed by atoms with Crippen LogP contribution in [0.25, 0.3) is 0 Å². The maximum Gasteiger partial charge on any atom is 0.274 e. The van der Waals surface area contributed by atoms with Gasteiger partial charge in [0.25, 0.3) is 5.91 Å². The molecule has 3 heterocycles. The molecule has 26 heavy (non-hydrogen) atoms. The zero-order valence-corrected chi connectivity index (χ0v) is 14.6. The topological polar surface area (TPSA) is 52.6 Å². The van der Waals surface area contributed by atoms with E-state index >= 15 is 0 Å². The lowest BCUT2D eigenvalue weighted by atomic mass is 10.2. The molecule has 2 aromatic rings. The molecule has 2 fully saturated rings. The predicted molar refractivity (Wildman–Crippen MR) is 98.0 cm³/mol. The van der Waals surface area contributed by atoms with E-state index in [1.807, 2.05) is 21.9 Å². The minimum absolute atomic E-state index is 0.0362. The van der Waals surface area contributed by atoms with Gasteiger partial charge in [-0.25, -0.2) is 14.4 Å². The van der Waals surface area contributed by atoms with Gasteiger partial charge in [0.15, 0.2) is 0 Å². The lowest BCUT2D eigenvalue weighted by molar-refractivity contribution is 0.0786. The fourth-order valence-corrected chi connectivity index (χ4v) is 3.56. The molecule has 136 valence electrons. The molecule has 1 aromatic heterocycles. The highest BCUT2D eigenvalue weighted by Gasteiger charge is 2.23. The van der Waals surface area contributed by atoms with Crippen LogP contribution in [0, 0.1) is 5.82 Å². The molecule has 0 atom stereocenters. The summed E-state index contributed by atoms with van der Waals surface area (Å²) in [6, 6.07) is 6.86. The normalized spacial score (nSPS) is 17.7. The molecule has 0 saturated carbocycles. The summed E-state index contributed by atoms with van der Waals surface area (Å²) in [6.45, 7) is 4.53. The van der Waals surface area contributed by atoms with Crippen LogP contribution in [-0.4, -0.2) is 60.0 Å². The molecular formula is C19H22FN5O. The Morgan fingerprint density at radius 1 is 0.885 bits per heavy atom. The molecule has 2 aliphatic rings. The number of nitrogens with zero attached hydrogens (tertiary/aromatic N) is 5. The number of benzene rings is 1. The average molecular weight is 355 g/mol. The van der Waals surface area contributed by atoms with Gasteiger partial charge in [0.1, 0.15) is 17.3 Å².